The van der Waals surface area contributed by atoms with Crippen molar-refractivity contribution in [1.29, 1.82) is 5.26 Å². The summed E-state index contributed by atoms with van der Waals surface area (Å²) < 4.78 is 0. The molecular weight excluding hydrogens is 282 g/mol. The molecule has 23 heavy (non-hydrogen) atoms. The van der Waals surface area contributed by atoms with Crippen LogP contribution in [-0.2, 0) is 6.54 Å². The molecule has 0 spiro atoms. The van der Waals surface area contributed by atoms with E-state index in [0.717, 1.165) is 32.5 Å². The highest BCUT2D eigenvalue weighted by atomic mass is 15.1. The van der Waals surface area contributed by atoms with Crippen LogP contribution in [0, 0.1) is 22.2 Å². The van der Waals surface area contributed by atoms with Crippen molar-refractivity contribution in [3.8, 4) is 6.07 Å². The molecule has 0 unspecified atom stereocenters. The lowest BCUT2D eigenvalue weighted by Gasteiger charge is -2.49. The minimum atomic E-state index is 0.168. The molecule has 2 heterocycles. The van der Waals surface area contributed by atoms with Crippen LogP contribution in [0.4, 0.5) is 0 Å². The van der Waals surface area contributed by atoms with Gasteiger partial charge in [0.15, 0.2) is 0 Å². The van der Waals surface area contributed by atoms with Gasteiger partial charge >= 0.3 is 0 Å². The van der Waals surface area contributed by atoms with Gasteiger partial charge in [-0.15, -0.1) is 0 Å². The number of aromatic nitrogens is 1. The molecule has 3 nitrogen and oxygen atoms in total. The minimum absolute atomic E-state index is 0.168. The zero-order valence-electron chi connectivity index (χ0n) is 14.5. The molecule has 0 amide bonds. The van der Waals surface area contributed by atoms with Gasteiger partial charge in [0.2, 0.25) is 0 Å². The van der Waals surface area contributed by atoms with Crippen LogP contribution in [0.3, 0.4) is 0 Å². The van der Waals surface area contributed by atoms with Gasteiger partial charge in [-0.05, 0) is 59.8 Å². The topological polar surface area (TPSA) is 42.8 Å². The molecule has 1 aliphatic rings. The zero-order valence-corrected chi connectivity index (χ0v) is 14.5. The highest BCUT2D eigenvalue weighted by Crippen LogP contribution is 2.49. The summed E-state index contributed by atoms with van der Waals surface area (Å²) in [5.41, 5.74) is 2.94. The Hall–Kier alpha value is -1.79. The molecule has 0 atom stereocenters. The van der Waals surface area contributed by atoms with E-state index in [1.165, 1.54) is 16.5 Å². The average molecular weight is 309 g/mol. The van der Waals surface area contributed by atoms with Crippen molar-refractivity contribution in [2.24, 2.45) is 10.8 Å². The Bertz CT molecular complexity index is 706. The van der Waals surface area contributed by atoms with E-state index in [1.54, 1.807) is 0 Å². The lowest BCUT2D eigenvalue weighted by atomic mass is 9.60. The minimum Gasteiger partial charge on any atom is -0.361 e. The molecule has 1 fully saturated rings. The summed E-state index contributed by atoms with van der Waals surface area (Å²) >= 11 is 0. The molecule has 3 rings (SSSR count). The lowest BCUT2D eigenvalue weighted by molar-refractivity contribution is 0.00712. The molecule has 1 aromatic carbocycles. The number of benzene rings is 1. The monoisotopic (exact) mass is 309 g/mol. The quantitative estimate of drug-likeness (QED) is 0.892. The largest absolute Gasteiger partial charge is 0.361 e. The van der Waals surface area contributed by atoms with E-state index in [1.807, 2.05) is 6.20 Å². The van der Waals surface area contributed by atoms with Gasteiger partial charge in [-0.1, -0.05) is 32.9 Å². The molecule has 0 bridgehead atoms. The number of rotatable bonds is 3. The third kappa shape index (κ3) is 3.14. The number of nitrogens with one attached hydrogen (secondary N) is 1. The number of H-pyrrole nitrogens is 1. The molecule has 1 aliphatic heterocycles. The van der Waals surface area contributed by atoms with Gasteiger partial charge in [0.1, 0.15) is 0 Å². The molecule has 122 valence electrons. The number of aromatic amines is 1. The number of likely N-dealkylation sites (tertiary alicyclic amines) is 1. The molecule has 2 aromatic rings. The van der Waals surface area contributed by atoms with E-state index in [2.05, 4.69) is 61.0 Å². The smallest absolute Gasteiger partial charge is 0.0627 e. The van der Waals surface area contributed by atoms with Gasteiger partial charge < -0.3 is 4.98 Å². The first kappa shape index (κ1) is 16.1. The Kier molecular flexibility index (Phi) is 4.21. The van der Waals surface area contributed by atoms with Crippen molar-refractivity contribution in [3.63, 3.8) is 0 Å². The van der Waals surface area contributed by atoms with E-state index in [4.69, 9.17) is 0 Å². The van der Waals surface area contributed by atoms with Crippen LogP contribution in [0.25, 0.3) is 10.9 Å². The van der Waals surface area contributed by atoms with Crippen LogP contribution in [-0.4, -0.2) is 23.0 Å². The van der Waals surface area contributed by atoms with Crippen LogP contribution in [0.1, 0.15) is 45.6 Å². The van der Waals surface area contributed by atoms with E-state index in [0.29, 0.717) is 6.42 Å². The SMILES string of the molecule is CC(C)(C)C1(CC#N)CCN(Cc2ccc3cc[nH]c3c2)CC1. The maximum Gasteiger partial charge on any atom is 0.0627 e. The number of nitriles is 1. The molecule has 0 aliphatic carbocycles. The predicted molar refractivity (Wildman–Crippen MR) is 94.9 cm³/mol. The van der Waals surface area contributed by atoms with Gasteiger partial charge in [-0.3, -0.25) is 4.90 Å². The third-order valence-electron chi connectivity index (χ3n) is 5.85. The maximum absolute atomic E-state index is 9.26. The first-order valence-electron chi connectivity index (χ1n) is 8.59. The first-order valence-corrected chi connectivity index (χ1v) is 8.59. The Morgan fingerprint density at radius 3 is 2.61 bits per heavy atom. The number of hydrogen-bond donors (Lipinski definition) is 1. The second-order valence-corrected chi connectivity index (χ2v) is 8.04. The Labute approximate surface area is 139 Å². The fourth-order valence-electron chi connectivity index (χ4n) is 3.93. The van der Waals surface area contributed by atoms with Crippen molar-refractivity contribution in [2.45, 2.75) is 46.6 Å². The highest BCUT2D eigenvalue weighted by molar-refractivity contribution is 5.79. The van der Waals surface area contributed by atoms with Crippen molar-refractivity contribution in [1.82, 2.24) is 9.88 Å². The Balaban J connectivity index is 1.67. The van der Waals surface area contributed by atoms with E-state index >= 15 is 0 Å². The molecule has 1 aromatic heterocycles. The number of hydrogen-bond acceptors (Lipinski definition) is 2. The second-order valence-electron chi connectivity index (χ2n) is 8.04. The van der Waals surface area contributed by atoms with Crippen molar-refractivity contribution in [3.05, 3.63) is 36.0 Å². The molecule has 3 heteroatoms. The van der Waals surface area contributed by atoms with Crippen LogP contribution in [0.2, 0.25) is 0 Å². The number of piperidine rings is 1. The van der Waals surface area contributed by atoms with Gasteiger partial charge in [-0.2, -0.15) is 5.26 Å². The molecule has 0 saturated carbocycles. The van der Waals surface area contributed by atoms with E-state index in [9.17, 15) is 5.26 Å². The standard InChI is InChI=1S/C20H27N3/c1-19(2,3)20(7-10-21)8-12-23(13-9-20)15-16-4-5-17-6-11-22-18(17)14-16/h4-6,11,14,22H,7-9,12-13,15H2,1-3H3. The first-order chi connectivity index (χ1) is 10.9. The molecule has 0 radical (unpaired) electrons. The fourth-order valence-corrected chi connectivity index (χ4v) is 3.93. The normalized spacial score (nSPS) is 18.9. The van der Waals surface area contributed by atoms with Crippen LogP contribution >= 0.6 is 0 Å². The van der Waals surface area contributed by atoms with Crippen LogP contribution in [0.5, 0.6) is 0 Å². The molecule has 1 saturated heterocycles. The summed E-state index contributed by atoms with van der Waals surface area (Å²) in [4.78, 5) is 5.83. The van der Waals surface area contributed by atoms with Crippen LogP contribution < -0.4 is 0 Å². The van der Waals surface area contributed by atoms with Gasteiger partial charge in [-0.25, -0.2) is 0 Å². The Morgan fingerprint density at radius 2 is 1.96 bits per heavy atom. The van der Waals surface area contributed by atoms with Crippen molar-refractivity contribution < 1.29 is 0 Å². The molecule has 1 N–H and O–H groups in total. The summed E-state index contributed by atoms with van der Waals surface area (Å²) in [6.07, 6.45) is 4.91. The van der Waals surface area contributed by atoms with E-state index in [-0.39, 0.29) is 10.8 Å². The zero-order chi connectivity index (χ0) is 16.5. The number of nitrogens with zero attached hydrogens (tertiary/aromatic N) is 2. The second kappa shape index (κ2) is 6.02. The van der Waals surface area contributed by atoms with E-state index < -0.39 is 0 Å². The summed E-state index contributed by atoms with van der Waals surface area (Å²) in [5.74, 6) is 0. The third-order valence-corrected chi connectivity index (χ3v) is 5.85. The van der Waals surface area contributed by atoms with Crippen molar-refractivity contribution >= 4 is 10.9 Å². The van der Waals surface area contributed by atoms with Gasteiger partial charge in [0.25, 0.3) is 0 Å². The van der Waals surface area contributed by atoms with Gasteiger partial charge in [0.05, 0.1) is 6.07 Å². The summed E-state index contributed by atoms with van der Waals surface area (Å²) in [7, 11) is 0. The summed E-state index contributed by atoms with van der Waals surface area (Å²) in [6, 6.07) is 11.2. The average Bonchev–Trinajstić information content (AvgIpc) is 2.96. The molecular formula is C20H27N3. The number of fused-ring (bicyclic) bond motifs is 1. The van der Waals surface area contributed by atoms with Gasteiger partial charge in [0, 0.05) is 24.7 Å². The Morgan fingerprint density at radius 1 is 1.22 bits per heavy atom. The maximum atomic E-state index is 9.26. The predicted octanol–water partition coefficient (Wildman–Crippen LogP) is 4.71. The lowest BCUT2D eigenvalue weighted by Crippen LogP contribution is -2.46. The summed E-state index contributed by atoms with van der Waals surface area (Å²) in [6.45, 7) is 10.0. The highest BCUT2D eigenvalue weighted by Gasteiger charge is 2.43. The summed E-state index contributed by atoms with van der Waals surface area (Å²) in [5, 5.41) is 10.5. The fraction of sp³-hybridized carbons (Fsp3) is 0.550. The van der Waals surface area contributed by atoms with Crippen molar-refractivity contribution in [2.75, 3.05) is 13.1 Å². The van der Waals surface area contributed by atoms with Crippen LogP contribution in [0.15, 0.2) is 30.5 Å².